The molecule has 2 aromatic carbocycles. The highest BCUT2D eigenvalue weighted by molar-refractivity contribution is 5.77. The van der Waals surface area contributed by atoms with Crippen LogP contribution in [-0.2, 0) is 17.8 Å². The van der Waals surface area contributed by atoms with E-state index in [1.807, 2.05) is 67.6 Å². The van der Waals surface area contributed by atoms with Crippen molar-refractivity contribution in [3.8, 4) is 11.4 Å². The number of carbonyl (C=O) groups is 1. The van der Waals surface area contributed by atoms with Crippen molar-refractivity contribution in [3.05, 3.63) is 87.8 Å². The number of nitrogens with one attached hydrogen (secondary N) is 1. The van der Waals surface area contributed by atoms with Crippen molar-refractivity contribution in [2.45, 2.75) is 38.8 Å². The molecule has 31 heavy (non-hydrogen) atoms. The lowest BCUT2D eigenvalue weighted by Crippen LogP contribution is -2.33. The fraction of sp³-hybridized carbons (Fsp3) is 0.250. The SMILES string of the molecule is Cc1c(Cc2ccccc2)c(=O)n2nc(-c3ccccc3)nc2n1CC(=O)NC1CC1. The summed E-state index contributed by atoms with van der Waals surface area (Å²) >= 11 is 0. The maximum absolute atomic E-state index is 13.4. The zero-order valence-corrected chi connectivity index (χ0v) is 17.3. The fourth-order valence-corrected chi connectivity index (χ4v) is 3.76. The molecule has 1 aliphatic rings. The van der Waals surface area contributed by atoms with Gasteiger partial charge in [-0.2, -0.15) is 9.50 Å². The van der Waals surface area contributed by atoms with Crippen LogP contribution in [0, 0.1) is 6.92 Å². The maximum Gasteiger partial charge on any atom is 0.279 e. The van der Waals surface area contributed by atoms with Gasteiger partial charge in [0.25, 0.3) is 5.56 Å². The molecule has 0 radical (unpaired) electrons. The second kappa shape index (κ2) is 7.83. The minimum atomic E-state index is -0.204. The molecule has 0 aliphatic heterocycles. The highest BCUT2D eigenvalue weighted by Crippen LogP contribution is 2.20. The number of rotatable bonds is 6. The highest BCUT2D eigenvalue weighted by atomic mass is 16.2. The van der Waals surface area contributed by atoms with Crippen LogP contribution in [0.5, 0.6) is 0 Å². The highest BCUT2D eigenvalue weighted by Gasteiger charge is 2.25. The predicted molar refractivity (Wildman–Crippen MR) is 118 cm³/mol. The molecule has 1 saturated carbocycles. The van der Waals surface area contributed by atoms with Crippen molar-refractivity contribution in [3.63, 3.8) is 0 Å². The number of carbonyl (C=O) groups excluding carboxylic acids is 1. The van der Waals surface area contributed by atoms with Crippen LogP contribution in [0.15, 0.2) is 65.5 Å². The number of hydrogen-bond acceptors (Lipinski definition) is 4. The van der Waals surface area contributed by atoms with Crippen molar-refractivity contribution < 1.29 is 4.79 Å². The molecule has 7 heteroatoms. The Labute approximate surface area is 179 Å². The number of nitrogens with zero attached hydrogens (tertiary/aromatic N) is 4. The normalized spacial score (nSPS) is 13.5. The molecule has 0 unspecified atom stereocenters. The van der Waals surface area contributed by atoms with E-state index < -0.39 is 0 Å². The Morgan fingerprint density at radius 3 is 2.42 bits per heavy atom. The number of benzene rings is 2. The number of hydrogen-bond donors (Lipinski definition) is 1. The average Bonchev–Trinajstić information content (AvgIpc) is 3.49. The van der Waals surface area contributed by atoms with Gasteiger partial charge >= 0.3 is 0 Å². The maximum atomic E-state index is 13.4. The molecule has 0 bridgehead atoms. The first kappa shape index (κ1) is 19.2. The molecule has 5 rings (SSSR count). The Morgan fingerprint density at radius 1 is 1.06 bits per heavy atom. The van der Waals surface area contributed by atoms with Gasteiger partial charge in [-0.15, -0.1) is 5.10 Å². The van der Waals surface area contributed by atoms with Crippen LogP contribution in [0.1, 0.15) is 29.7 Å². The summed E-state index contributed by atoms with van der Waals surface area (Å²) in [5, 5.41) is 7.53. The third-order valence-electron chi connectivity index (χ3n) is 5.62. The van der Waals surface area contributed by atoms with E-state index in [0.29, 0.717) is 23.6 Å². The summed E-state index contributed by atoms with van der Waals surface area (Å²) in [6.07, 6.45) is 2.51. The third kappa shape index (κ3) is 3.86. The van der Waals surface area contributed by atoms with Crippen molar-refractivity contribution in [1.82, 2.24) is 24.5 Å². The average molecular weight is 413 g/mol. The molecule has 1 N–H and O–H groups in total. The van der Waals surface area contributed by atoms with Crippen molar-refractivity contribution in [2.75, 3.05) is 0 Å². The van der Waals surface area contributed by atoms with Gasteiger partial charge in [0.1, 0.15) is 6.54 Å². The van der Waals surface area contributed by atoms with Gasteiger partial charge in [-0.05, 0) is 25.3 Å². The van der Waals surface area contributed by atoms with E-state index in [4.69, 9.17) is 0 Å². The lowest BCUT2D eigenvalue weighted by atomic mass is 10.0. The Morgan fingerprint density at radius 2 is 1.74 bits per heavy atom. The van der Waals surface area contributed by atoms with Crippen LogP contribution in [0.2, 0.25) is 0 Å². The number of fused-ring (bicyclic) bond motifs is 1. The topological polar surface area (TPSA) is 81.3 Å². The minimum absolute atomic E-state index is 0.0777. The predicted octanol–water partition coefficient (Wildman–Crippen LogP) is 2.74. The summed E-state index contributed by atoms with van der Waals surface area (Å²) in [5.41, 5.74) is 2.99. The smallest absolute Gasteiger partial charge is 0.279 e. The standard InChI is InChI=1S/C24H23N5O2/c1-16-20(14-17-8-4-2-5-9-17)23(31)29-24(28(16)15-21(30)25-19-12-13-19)26-22(27-29)18-10-6-3-7-11-18/h2-11,19H,12-15H2,1H3,(H,25,30). The Hall–Kier alpha value is -3.74. The molecular formula is C24H23N5O2. The number of amides is 1. The molecule has 7 nitrogen and oxygen atoms in total. The van der Waals surface area contributed by atoms with Crippen LogP contribution in [0.3, 0.4) is 0 Å². The molecule has 1 amide bonds. The van der Waals surface area contributed by atoms with Gasteiger partial charge in [0.15, 0.2) is 5.82 Å². The zero-order valence-electron chi connectivity index (χ0n) is 17.3. The first-order valence-electron chi connectivity index (χ1n) is 10.5. The molecule has 156 valence electrons. The van der Waals surface area contributed by atoms with E-state index in [9.17, 15) is 9.59 Å². The Kier molecular flexibility index (Phi) is 4.86. The van der Waals surface area contributed by atoms with E-state index in [0.717, 1.165) is 29.7 Å². The van der Waals surface area contributed by atoms with Crippen LogP contribution < -0.4 is 10.9 Å². The molecular weight excluding hydrogens is 390 g/mol. The molecule has 2 heterocycles. The van der Waals surface area contributed by atoms with Crippen LogP contribution in [0.25, 0.3) is 17.2 Å². The summed E-state index contributed by atoms with van der Waals surface area (Å²) in [7, 11) is 0. The molecule has 1 aliphatic carbocycles. The second-order valence-electron chi connectivity index (χ2n) is 7.97. The van der Waals surface area contributed by atoms with Gasteiger partial charge in [0.2, 0.25) is 11.7 Å². The van der Waals surface area contributed by atoms with E-state index in [1.54, 1.807) is 4.57 Å². The van der Waals surface area contributed by atoms with Gasteiger partial charge in [0.05, 0.1) is 0 Å². The molecule has 4 aromatic rings. The van der Waals surface area contributed by atoms with Gasteiger partial charge < -0.3 is 9.88 Å². The minimum Gasteiger partial charge on any atom is -0.352 e. The summed E-state index contributed by atoms with van der Waals surface area (Å²) in [6.45, 7) is 1.97. The lowest BCUT2D eigenvalue weighted by Gasteiger charge is -2.15. The summed E-state index contributed by atoms with van der Waals surface area (Å²) in [6, 6.07) is 19.6. The fourth-order valence-electron chi connectivity index (χ4n) is 3.76. The molecule has 1 fully saturated rings. The van der Waals surface area contributed by atoms with E-state index in [-0.39, 0.29) is 24.1 Å². The van der Waals surface area contributed by atoms with Crippen molar-refractivity contribution in [2.24, 2.45) is 0 Å². The Bertz CT molecular complexity index is 1300. The largest absolute Gasteiger partial charge is 0.352 e. The van der Waals surface area contributed by atoms with Gasteiger partial charge in [0, 0.05) is 29.3 Å². The molecule has 2 aromatic heterocycles. The van der Waals surface area contributed by atoms with E-state index in [2.05, 4.69) is 15.4 Å². The van der Waals surface area contributed by atoms with Crippen LogP contribution in [0.4, 0.5) is 0 Å². The number of aromatic nitrogens is 4. The summed E-state index contributed by atoms with van der Waals surface area (Å²) in [4.78, 5) is 30.6. The van der Waals surface area contributed by atoms with Crippen molar-refractivity contribution in [1.29, 1.82) is 0 Å². The van der Waals surface area contributed by atoms with Crippen LogP contribution >= 0.6 is 0 Å². The Balaban J connectivity index is 1.65. The molecule has 0 saturated heterocycles. The monoisotopic (exact) mass is 413 g/mol. The summed E-state index contributed by atoms with van der Waals surface area (Å²) < 4.78 is 3.13. The first-order chi connectivity index (χ1) is 15.1. The third-order valence-corrected chi connectivity index (χ3v) is 5.62. The molecule has 0 atom stereocenters. The van der Waals surface area contributed by atoms with Crippen molar-refractivity contribution >= 4 is 11.7 Å². The first-order valence-corrected chi connectivity index (χ1v) is 10.5. The summed E-state index contributed by atoms with van der Waals surface area (Å²) in [5.74, 6) is 0.764. The van der Waals surface area contributed by atoms with Gasteiger partial charge in [-0.25, -0.2) is 0 Å². The quantitative estimate of drug-likeness (QED) is 0.527. The van der Waals surface area contributed by atoms with E-state index >= 15 is 0 Å². The van der Waals surface area contributed by atoms with Crippen LogP contribution in [-0.4, -0.2) is 31.1 Å². The lowest BCUT2D eigenvalue weighted by molar-refractivity contribution is -0.121. The second-order valence-corrected chi connectivity index (χ2v) is 7.97. The van der Waals surface area contributed by atoms with Gasteiger partial charge in [-0.3, -0.25) is 9.59 Å². The van der Waals surface area contributed by atoms with E-state index in [1.165, 1.54) is 4.52 Å². The van der Waals surface area contributed by atoms with Gasteiger partial charge in [-0.1, -0.05) is 60.7 Å². The zero-order chi connectivity index (χ0) is 21.4. The molecule has 0 spiro atoms.